The van der Waals surface area contributed by atoms with Crippen molar-refractivity contribution in [2.45, 2.75) is 38.6 Å². The standard InChI is InChI=1S/C19H24N2O4S/c1-13(2)21-26(23,24)18-9-7-17(8-10-18)25-12-19(22)20-16-6-5-14(3)15(4)11-16/h5-11,13,21H,12H2,1-4H3,(H,20,22). The number of carbonyl (C=O) groups is 1. The number of amides is 1. The Morgan fingerprint density at radius 3 is 2.27 bits per heavy atom. The maximum absolute atomic E-state index is 12.1. The van der Waals surface area contributed by atoms with Gasteiger partial charge in [-0.15, -0.1) is 0 Å². The second-order valence-corrected chi connectivity index (χ2v) is 8.10. The molecular weight excluding hydrogens is 352 g/mol. The number of aryl methyl sites for hydroxylation is 2. The molecule has 0 fully saturated rings. The first kappa shape index (κ1) is 19.9. The van der Waals surface area contributed by atoms with E-state index in [2.05, 4.69) is 10.0 Å². The Balaban J connectivity index is 1.93. The van der Waals surface area contributed by atoms with Crippen LogP contribution in [0.5, 0.6) is 5.75 Å². The first-order valence-corrected chi connectivity index (χ1v) is 9.78. The van der Waals surface area contributed by atoms with Crippen LogP contribution in [0.15, 0.2) is 47.4 Å². The van der Waals surface area contributed by atoms with Crippen LogP contribution >= 0.6 is 0 Å². The van der Waals surface area contributed by atoms with Gasteiger partial charge in [0.25, 0.3) is 5.91 Å². The number of rotatable bonds is 7. The minimum atomic E-state index is -3.54. The van der Waals surface area contributed by atoms with E-state index in [1.54, 1.807) is 13.8 Å². The molecule has 0 heterocycles. The van der Waals surface area contributed by atoms with Crippen molar-refractivity contribution in [3.8, 4) is 5.75 Å². The van der Waals surface area contributed by atoms with Crippen molar-refractivity contribution >= 4 is 21.6 Å². The molecule has 2 N–H and O–H groups in total. The molecule has 0 bridgehead atoms. The smallest absolute Gasteiger partial charge is 0.262 e. The zero-order chi connectivity index (χ0) is 19.3. The molecule has 140 valence electrons. The highest BCUT2D eigenvalue weighted by Gasteiger charge is 2.15. The zero-order valence-electron chi connectivity index (χ0n) is 15.4. The number of hydrogen-bond acceptors (Lipinski definition) is 4. The Kier molecular flexibility index (Phi) is 6.39. The zero-order valence-corrected chi connectivity index (χ0v) is 16.2. The summed E-state index contributed by atoms with van der Waals surface area (Å²) in [6.45, 7) is 7.32. The van der Waals surface area contributed by atoms with E-state index in [4.69, 9.17) is 4.74 Å². The van der Waals surface area contributed by atoms with Crippen molar-refractivity contribution in [3.05, 3.63) is 53.6 Å². The SMILES string of the molecule is Cc1ccc(NC(=O)COc2ccc(S(=O)(=O)NC(C)C)cc2)cc1C. The van der Waals surface area contributed by atoms with Crippen LogP contribution in [0.3, 0.4) is 0 Å². The molecule has 7 heteroatoms. The maximum Gasteiger partial charge on any atom is 0.262 e. The van der Waals surface area contributed by atoms with Crippen molar-refractivity contribution in [2.24, 2.45) is 0 Å². The lowest BCUT2D eigenvalue weighted by Gasteiger charge is -2.11. The Morgan fingerprint density at radius 1 is 1.04 bits per heavy atom. The van der Waals surface area contributed by atoms with Crippen molar-refractivity contribution in [3.63, 3.8) is 0 Å². The fourth-order valence-corrected chi connectivity index (χ4v) is 3.51. The van der Waals surface area contributed by atoms with Gasteiger partial charge in [0.1, 0.15) is 5.75 Å². The lowest BCUT2D eigenvalue weighted by molar-refractivity contribution is -0.118. The van der Waals surface area contributed by atoms with Gasteiger partial charge in [0.15, 0.2) is 6.61 Å². The van der Waals surface area contributed by atoms with E-state index in [1.807, 2.05) is 32.0 Å². The molecule has 0 spiro atoms. The molecule has 6 nitrogen and oxygen atoms in total. The predicted octanol–water partition coefficient (Wildman–Crippen LogP) is 3.01. The Morgan fingerprint density at radius 2 is 1.69 bits per heavy atom. The second-order valence-electron chi connectivity index (χ2n) is 6.38. The third-order valence-electron chi connectivity index (χ3n) is 3.69. The van der Waals surface area contributed by atoms with Crippen LogP contribution in [0.2, 0.25) is 0 Å². The van der Waals surface area contributed by atoms with E-state index < -0.39 is 10.0 Å². The molecule has 26 heavy (non-hydrogen) atoms. The minimum Gasteiger partial charge on any atom is -0.484 e. The molecule has 0 aromatic heterocycles. The van der Waals surface area contributed by atoms with Crippen LogP contribution in [0, 0.1) is 13.8 Å². The number of ether oxygens (including phenoxy) is 1. The van der Waals surface area contributed by atoms with Gasteiger partial charge >= 0.3 is 0 Å². The highest BCUT2D eigenvalue weighted by molar-refractivity contribution is 7.89. The fraction of sp³-hybridized carbons (Fsp3) is 0.316. The summed E-state index contributed by atoms with van der Waals surface area (Å²) in [5.74, 6) is 0.134. The van der Waals surface area contributed by atoms with E-state index in [0.29, 0.717) is 11.4 Å². The van der Waals surface area contributed by atoms with Crippen LogP contribution in [-0.2, 0) is 14.8 Å². The van der Waals surface area contributed by atoms with Gasteiger partial charge in [0.2, 0.25) is 10.0 Å². The summed E-state index contributed by atoms with van der Waals surface area (Å²) in [6, 6.07) is 11.4. The number of nitrogens with one attached hydrogen (secondary N) is 2. The molecule has 0 unspecified atom stereocenters. The number of hydrogen-bond donors (Lipinski definition) is 2. The Labute approximate surface area is 154 Å². The molecule has 0 atom stereocenters. The summed E-state index contributed by atoms with van der Waals surface area (Å²) in [5.41, 5.74) is 2.96. The van der Waals surface area contributed by atoms with Gasteiger partial charge in [-0.2, -0.15) is 0 Å². The van der Waals surface area contributed by atoms with Gasteiger partial charge < -0.3 is 10.1 Å². The van der Waals surface area contributed by atoms with Crippen molar-refractivity contribution in [1.29, 1.82) is 0 Å². The van der Waals surface area contributed by atoms with Gasteiger partial charge in [-0.1, -0.05) is 6.07 Å². The summed E-state index contributed by atoms with van der Waals surface area (Å²) in [5, 5.41) is 2.77. The molecule has 0 saturated carbocycles. The van der Waals surface area contributed by atoms with Crippen LogP contribution in [-0.4, -0.2) is 27.0 Å². The van der Waals surface area contributed by atoms with Gasteiger partial charge in [-0.25, -0.2) is 13.1 Å². The van der Waals surface area contributed by atoms with E-state index in [9.17, 15) is 13.2 Å². The summed E-state index contributed by atoms with van der Waals surface area (Å²) in [6.07, 6.45) is 0. The van der Waals surface area contributed by atoms with Crippen LogP contribution < -0.4 is 14.8 Å². The maximum atomic E-state index is 12.1. The van der Waals surface area contributed by atoms with E-state index in [1.165, 1.54) is 24.3 Å². The molecule has 0 aliphatic heterocycles. The van der Waals surface area contributed by atoms with Crippen LogP contribution in [0.1, 0.15) is 25.0 Å². The van der Waals surface area contributed by atoms with Crippen LogP contribution in [0.25, 0.3) is 0 Å². The summed E-state index contributed by atoms with van der Waals surface area (Å²) in [4.78, 5) is 12.1. The minimum absolute atomic E-state index is 0.151. The molecule has 2 aromatic carbocycles. The lowest BCUT2D eigenvalue weighted by Crippen LogP contribution is -2.30. The fourth-order valence-electron chi connectivity index (χ4n) is 2.26. The number of anilines is 1. The molecular formula is C19H24N2O4S. The molecule has 0 aliphatic carbocycles. The second kappa shape index (κ2) is 8.33. The first-order valence-electron chi connectivity index (χ1n) is 8.29. The topological polar surface area (TPSA) is 84.5 Å². The van der Waals surface area contributed by atoms with E-state index in [-0.39, 0.29) is 23.5 Å². The van der Waals surface area contributed by atoms with Crippen molar-refractivity contribution in [2.75, 3.05) is 11.9 Å². The highest BCUT2D eigenvalue weighted by Crippen LogP contribution is 2.17. The largest absolute Gasteiger partial charge is 0.484 e. The van der Waals surface area contributed by atoms with Crippen LogP contribution in [0.4, 0.5) is 5.69 Å². The predicted molar refractivity (Wildman–Crippen MR) is 102 cm³/mol. The normalized spacial score (nSPS) is 11.4. The highest BCUT2D eigenvalue weighted by atomic mass is 32.2. The van der Waals surface area contributed by atoms with Gasteiger partial charge in [0, 0.05) is 11.7 Å². The molecule has 1 amide bonds. The average molecular weight is 376 g/mol. The monoisotopic (exact) mass is 376 g/mol. The summed E-state index contributed by atoms with van der Waals surface area (Å²) < 4.78 is 32.0. The molecule has 2 rings (SSSR count). The third-order valence-corrected chi connectivity index (χ3v) is 5.36. The molecule has 2 aromatic rings. The third kappa shape index (κ3) is 5.57. The van der Waals surface area contributed by atoms with Gasteiger partial charge in [-0.3, -0.25) is 4.79 Å². The molecule has 0 aliphatic rings. The van der Waals surface area contributed by atoms with E-state index in [0.717, 1.165) is 11.1 Å². The number of carbonyl (C=O) groups excluding carboxylic acids is 1. The van der Waals surface area contributed by atoms with Gasteiger partial charge in [0.05, 0.1) is 4.90 Å². The lowest BCUT2D eigenvalue weighted by atomic mass is 10.1. The molecule has 0 radical (unpaired) electrons. The summed E-state index contributed by atoms with van der Waals surface area (Å²) >= 11 is 0. The first-order chi connectivity index (χ1) is 12.2. The summed E-state index contributed by atoms with van der Waals surface area (Å²) in [7, 11) is -3.54. The van der Waals surface area contributed by atoms with Crippen molar-refractivity contribution < 1.29 is 17.9 Å². The van der Waals surface area contributed by atoms with E-state index >= 15 is 0 Å². The number of benzene rings is 2. The number of sulfonamides is 1. The van der Waals surface area contributed by atoms with Crippen molar-refractivity contribution in [1.82, 2.24) is 4.72 Å². The quantitative estimate of drug-likeness (QED) is 0.778. The Hall–Kier alpha value is -2.38. The average Bonchev–Trinajstić information content (AvgIpc) is 2.55. The molecule has 0 saturated heterocycles. The Bertz CT molecular complexity index is 875. The van der Waals surface area contributed by atoms with Gasteiger partial charge in [-0.05, 0) is 75.2 Å².